The van der Waals surface area contributed by atoms with Crippen LogP contribution in [0.4, 0.5) is 0 Å². The van der Waals surface area contributed by atoms with Crippen LogP contribution in [0.3, 0.4) is 0 Å². The molecule has 2 nitrogen and oxygen atoms in total. The molecule has 0 radical (unpaired) electrons. The monoisotopic (exact) mass is 536 g/mol. The second kappa shape index (κ2) is 8.95. The summed E-state index contributed by atoms with van der Waals surface area (Å²) < 4.78 is 12.3. The summed E-state index contributed by atoms with van der Waals surface area (Å²) in [7, 11) is 0. The molecule has 8 aromatic rings. The van der Waals surface area contributed by atoms with E-state index in [1.165, 1.54) is 49.7 Å². The molecule has 1 aliphatic heterocycles. The quantitative estimate of drug-likeness (QED) is 0.224. The Bertz CT molecular complexity index is 2320. The molecule has 0 bridgehead atoms. The second-order valence-corrected chi connectivity index (χ2v) is 10.9. The Morgan fingerprint density at radius 3 is 1.90 bits per heavy atom. The van der Waals surface area contributed by atoms with Crippen molar-refractivity contribution in [2.24, 2.45) is 0 Å². The zero-order chi connectivity index (χ0) is 27.6. The molecule has 1 aliphatic rings. The number of benzene rings is 7. The molecule has 7 aromatic carbocycles. The third-order valence-corrected chi connectivity index (χ3v) is 8.46. The first-order chi connectivity index (χ1) is 20.8. The summed E-state index contributed by atoms with van der Waals surface area (Å²) in [5, 5.41) is 4.66. The predicted octanol–water partition coefficient (Wildman–Crippen LogP) is 11.5. The molecule has 0 atom stereocenters. The fraction of sp³-hybridized carbons (Fsp3) is 0. The van der Waals surface area contributed by atoms with Gasteiger partial charge in [0.1, 0.15) is 22.7 Å². The van der Waals surface area contributed by atoms with Crippen LogP contribution in [0.15, 0.2) is 150 Å². The Hall–Kier alpha value is -5.60. The normalized spacial score (nSPS) is 12.0. The number of hydrogen-bond donors (Lipinski definition) is 0. The van der Waals surface area contributed by atoms with Crippen molar-refractivity contribution >= 4 is 32.7 Å². The zero-order valence-corrected chi connectivity index (χ0v) is 22.7. The van der Waals surface area contributed by atoms with E-state index in [1.807, 2.05) is 24.3 Å². The molecule has 0 fully saturated rings. The number of furan rings is 1. The Labute approximate surface area is 243 Å². The summed E-state index contributed by atoms with van der Waals surface area (Å²) in [5.74, 6) is 1.82. The molecule has 1 aromatic heterocycles. The van der Waals surface area contributed by atoms with Crippen molar-refractivity contribution in [3.05, 3.63) is 146 Å². The van der Waals surface area contributed by atoms with Crippen LogP contribution in [-0.2, 0) is 0 Å². The SMILES string of the molecule is c1cc(-c2ccc(-c3ccc4oc5ccccc5c4c3)cc2)cc(-c2cc3c4c(cccc4c2)Oc2ccccc2-3)c1. The van der Waals surface area contributed by atoms with Crippen LogP contribution < -0.4 is 4.74 Å². The minimum atomic E-state index is 0.906. The lowest BCUT2D eigenvalue weighted by atomic mass is 9.90. The van der Waals surface area contributed by atoms with Gasteiger partial charge in [-0.25, -0.2) is 0 Å². The molecule has 9 rings (SSSR count). The molecule has 0 unspecified atom stereocenters. The van der Waals surface area contributed by atoms with E-state index in [9.17, 15) is 0 Å². The van der Waals surface area contributed by atoms with Crippen molar-refractivity contribution in [2.75, 3.05) is 0 Å². The maximum Gasteiger partial charge on any atom is 0.135 e. The number of para-hydroxylation sites is 2. The molecule has 0 saturated carbocycles. The fourth-order valence-corrected chi connectivity index (χ4v) is 6.39. The van der Waals surface area contributed by atoms with Gasteiger partial charge in [-0.2, -0.15) is 0 Å². The standard InChI is InChI=1S/C40H24O2/c1-3-12-36-32(10-1)34-23-29(19-20-38(34)41-36)26-17-15-25(16-18-26)27-7-5-8-28(21-27)31-22-30-9-6-14-39-40(30)35(24-31)33-11-2-4-13-37(33)42-39/h1-24H. The van der Waals surface area contributed by atoms with Crippen molar-refractivity contribution in [2.45, 2.75) is 0 Å². The highest BCUT2D eigenvalue weighted by Crippen LogP contribution is 2.48. The van der Waals surface area contributed by atoms with Gasteiger partial charge < -0.3 is 9.15 Å². The van der Waals surface area contributed by atoms with E-state index < -0.39 is 0 Å². The first kappa shape index (κ1) is 23.1. The summed E-state index contributed by atoms with van der Waals surface area (Å²) in [4.78, 5) is 0. The summed E-state index contributed by atoms with van der Waals surface area (Å²) in [5.41, 5.74) is 11.4. The molecule has 0 N–H and O–H groups in total. The van der Waals surface area contributed by atoms with Gasteiger partial charge in [-0.15, -0.1) is 0 Å². The van der Waals surface area contributed by atoms with Gasteiger partial charge in [-0.3, -0.25) is 0 Å². The maximum atomic E-state index is 6.24. The third-order valence-electron chi connectivity index (χ3n) is 8.46. The van der Waals surface area contributed by atoms with Crippen molar-refractivity contribution in [3.8, 4) is 56.0 Å². The van der Waals surface area contributed by atoms with Crippen molar-refractivity contribution in [1.29, 1.82) is 0 Å². The average Bonchev–Trinajstić information content (AvgIpc) is 3.43. The van der Waals surface area contributed by atoms with Gasteiger partial charge in [0.2, 0.25) is 0 Å². The highest BCUT2D eigenvalue weighted by molar-refractivity contribution is 6.07. The van der Waals surface area contributed by atoms with Crippen LogP contribution in [0.1, 0.15) is 0 Å². The number of ether oxygens (including phenoxy) is 1. The number of fused-ring (bicyclic) bond motifs is 5. The summed E-state index contributed by atoms with van der Waals surface area (Å²) in [6.45, 7) is 0. The summed E-state index contributed by atoms with van der Waals surface area (Å²) in [6.07, 6.45) is 0. The molecular formula is C40H24O2. The maximum absolute atomic E-state index is 6.24. The number of hydrogen-bond acceptors (Lipinski definition) is 2. The molecule has 2 heteroatoms. The van der Waals surface area contributed by atoms with Gasteiger partial charge in [0.15, 0.2) is 0 Å². The van der Waals surface area contributed by atoms with E-state index in [-0.39, 0.29) is 0 Å². The van der Waals surface area contributed by atoms with Crippen molar-refractivity contribution < 1.29 is 9.15 Å². The molecule has 0 aliphatic carbocycles. The molecule has 0 saturated heterocycles. The lowest BCUT2D eigenvalue weighted by Crippen LogP contribution is -1.97. The molecule has 0 amide bonds. The van der Waals surface area contributed by atoms with Gasteiger partial charge in [0.05, 0.1) is 0 Å². The molecular weight excluding hydrogens is 512 g/mol. The van der Waals surface area contributed by atoms with E-state index in [1.54, 1.807) is 0 Å². The van der Waals surface area contributed by atoms with E-state index in [0.29, 0.717) is 0 Å². The Balaban J connectivity index is 1.09. The minimum Gasteiger partial charge on any atom is -0.456 e. The van der Waals surface area contributed by atoms with E-state index in [2.05, 4.69) is 121 Å². The van der Waals surface area contributed by atoms with Gasteiger partial charge in [0.25, 0.3) is 0 Å². The first-order valence-corrected chi connectivity index (χ1v) is 14.3. The topological polar surface area (TPSA) is 22.4 Å². The highest BCUT2D eigenvalue weighted by atomic mass is 16.5. The fourth-order valence-electron chi connectivity index (χ4n) is 6.39. The van der Waals surface area contributed by atoms with Crippen LogP contribution in [0.2, 0.25) is 0 Å². The van der Waals surface area contributed by atoms with Gasteiger partial charge in [-0.05, 0) is 92.9 Å². The summed E-state index contributed by atoms with van der Waals surface area (Å²) in [6, 6.07) is 51.6. The highest BCUT2D eigenvalue weighted by Gasteiger charge is 2.20. The van der Waals surface area contributed by atoms with Crippen LogP contribution >= 0.6 is 0 Å². The van der Waals surface area contributed by atoms with Crippen LogP contribution in [-0.4, -0.2) is 0 Å². The Morgan fingerprint density at radius 1 is 0.357 bits per heavy atom. The number of rotatable bonds is 3. The first-order valence-electron chi connectivity index (χ1n) is 14.3. The van der Waals surface area contributed by atoms with E-state index in [0.717, 1.165) is 39.0 Å². The molecule has 196 valence electrons. The minimum absolute atomic E-state index is 0.906. The molecule has 0 spiro atoms. The average molecular weight is 537 g/mol. The van der Waals surface area contributed by atoms with Gasteiger partial charge in [-0.1, -0.05) is 97.1 Å². The van der Waals surface area contributed by atoms with Gasteiger partial charge in [0, 0.05) is 21.7 Å². The predicted molar refractivity (Wildman–Crippen MR) is 173 cm³/mol. The van der Waals surface area contributed by atoms with Crippen LogP contribution in [0, 0.1) is 0 Å². The Kier molecular flexibility index (Phi) is 4.93. The molecule has 2 heterocycles. The largest absolute Gasteiger partial charge is 0.456 e. The lowest BCUT2D eigenvalue weighted by molar-refractivity contribution is 0.487. The second-order valence-electron chi connectivity index (χ2n) is 10.9. The van der Waals surface area contributed by atoms with Crippen molar-refractivity contribution in [1.82, 2.24) is 0 Å². The third kappa shape index (κ3) is 3.59. The molecule has 42 heavy (non-hydrogen) atoms. The van der Waals surface area contributed by atoms with E-state index in [4.69, 9.17) is 9.15 Å². The van der Waals surface area contributed by atoms with E-state index >= 15 is 0 Å². The smallest absolute Gasteiger partial charge is 0.135 e. The lowest BCUT2D eigenvalue weighted by Gasteiger charge is -2.22. The summed E-state index contributed by atoms with van der Waals surface area (Å²) >= 11 is 0. The zero-order valence-electron chi connectivity index (χ0n) is 22.7. The van der Waals surface area contributed by atoms with Crippen molar-refractivity contribution in [3.63, 3.8) is 0 Å². The van der Waals surface area contributed by atoms with Crippen LogP contribution in [0.5, 0.6) is 11.5 Å². The van der Waals surface area contributed by atoms with Gasteiger partial charge >= 0.3 is 0 Å². The van der Waals surface area contributed by atoms with Crippen LogP contribution in [0.25, 0.3) is 77.2 Å². The Morgan fingerprint density at radius 2 is 1.02 bits per heavy atom.